The Morgan fingerprint density at radius 3 is 2.81 bits per heavy atom. The molecule has 1 unspecified atom stereocenters. The van der Waals surface area contributed by atoms with Gasteiger partial charge in [0.2, 0.25) is 0 Å². The third kappa shape index (κ3) is 4.06. The highest BCUT2D eigenvalue weighted by Gasteiger charge is 2.21. The van der Waals surface area contributed by atoms with Crippen molar-refractivity contribution in [2.24, 2.45) is 0 Å². The van der Waals surface area contributed by atoms with Gasteiger partial charge in [-0.2, -0.15) is 4.98 Å². The molecule has 3 aromatic rings. The first-order valence-corrected chi connectivity index (χ1v) is 9.82. The van der Waals surface area contributed by atoms with E-state index in [2.05, 4.69) is 15.0 Å². The summed E-state index contributed by atoms with van der Waals surface area (Å²) in [6.07, 6.45) is 2.01. The van der Waals surface area contributed by atoms with E-state index in [0.717, 1.165) is 22.4 Å². The van der Waals surface area contributed by atoms with E-state index in [1.165, 1.54) is 0 Å². The predicted molar refractivity (Wildman–Crippen MR) is 102 cm³/mol. The van der Waals surface area contributed by atoms with E-state index in [-0.39, 0.29) is 11.7 Å². The summed E-state index contributed by atoms with van der Waals surface area (Å²) in [7, 11) is 1.61. The summed E-state index contributed by atoms with van der Waals surface area (Å²) in [6.45, 7) is 5.55. The molecule has 0 aliphatic rings. The number of nitrogens with one attached hydrogen (secondary N) is 1. The zero-order valence-electron chi connectivity index (χ0n) is 15.7. The molecule has 0 saturated heterocycles. The molecule has 0 fully saturated rings. The molecule has 0 aliphatic carbocycles. The minimum atomic E-state index is -1.41. The van der Waals surface area contributed by atoms with Gasteiger partial charge in [0.15, 0.2) is 5.75 Å². The number of benzene rings is 1. The summed E-state index contributed by atoms with van der Waals surface area (Å²) in [4.78, 5) is 23.3. The zero-order valence-corrected chi connectivity index (χ0v) is 16.5. The average Bonchev–Trinajstić information content (AvgIpc) is 3.08. The number of hydrogen-bond donors (Lipinski definition) is 1. The van der Waals surface area contributed by atoms with Crippen molar-refractivity contribution in [1.29, 1.82) is 0 Å². The molecule has 0 aliphatic heterocycles. The van der Waals surface area contributed by atoms with Crippen LogP contribution in [-0.2, 0) is 21.7 Å². The summed E-state index contributed by atoms with van der Waals surface area (Å²) >= 11 is -1.41. The maximum Gasteiger partial charge on any atom is 0.322 e. The van der Waals surface area contributed by atoms with Gasteiger partial charge in [-0.3, -0.25) is 14.8 Å². The molecule has 142 valence electrons. The fourth-order valence-corrected chi connectivity index (χ4v) is 3.85. The van der Waals surface area contributed by atoms with Crippen LogP contribution in [0, 0.1) is 13.8 Å². The molecule has 1 N–H and O–H groups in total. The highest BCUT2D eigenvalue weighted by Crippen LogP contribution is 2.27. The van der Waals surface area contributed by atoms with Crippen LogP contribution in [0.15, 0.2) is 29.6 Å². The van der Waals surface area contributed by atoms with Crippen molar-refractivity contribution in [3.8, 4) is 11.5 Å². The number of carbonyl (C=O) groups is 1. The van der Waals surface area contributed by atoms with E-state index in [0.29, 0.717) is 28.5 Å². The van der Waals surface area contributed by atoms with Crippen LogP contribution in [0.3, 0.4) is 0 Å². The Balaban J connectivity index is 1.84. The normalized spacial score (nSPS) is 12.2. The molecular formula is C19H21N3O4S. The molecule has 1 aromatic carbocycles. The number of aromatic nitrogens is 3. The number of carbonyl (C=O) groups excluding carboxylic acids is 1. The van der Waals surface area contributed by atoms with Gasteiger partial charge in [-0.05, 0) is 26.0 Å². The molecule has 2 aromatic heterocycles. The first kappa shape index (κ1) is 19.2. The van der Waals surface area contributed by atoms with E-state index in [9.17, 15) is 9.35 Å². The van der Waals surface area contributed by atoms with Gasteiger partial charge in [0, 0.05) is 41.0 Å². The Kier molecular flexibility index (Phi) is 5.67. The maximum atomic E-state index is 12.8. The largest absolute Gasteiger partial charge is 0.609 e. The number of fused-ring (bicyclic) bond motifs is 1. The van der Waals surface area contributed by atoms with E-state index >= 15 is 0 Å². The van der Waals surface area contributed by atoms with E-state index < -0.39 is 11.2 Å². The minimum Gasteiger partial charge on any atom is -0.609 e. The van der Waals surface area contributed by atoms with Gasteiger partial charge in [-0.25, -0.2) is 0 Å². The van der Waals surface area contributed by atoms with Gasteiger partial charge in [0.25, 0.3) is 0 Å². The second kappa shape index (κ2) is 7.98. The summed E-state index contributed by atoms with van der Waals surface area (Å²) in [5.41, 5.74) is 3.82. The number of rotatable bonds is 6. The van der Waals surface area contributed by atoms with Gasteiger partial charge in [-0.15, -0.1) is 0 Å². The Bertz CT molecular complexity index is 986. The second-order valence-electron chi connectivity index (χ2n) is 6.08. The standard InChI is InChI=1S/C19H21N3O4S/c1-5-17(23)26-13-6-7-14-15(8-13)22-19(21-14)27(24)10-16-12(3)18(25-4)11(2)9-20-16/h6-9H,5,10H2,1-4H3,(H,21,22). The van der Waals surface area contributed by atoms with Crippen molar-refractivity contribution < 1.29 is 18.8 Å². The number of nitrogens with zero attached hydrogens (tertiary/aromatic N) is 2. The van der Waals surface area contributed by atoms with Gasteiger partial charge in [-0.1, -0.05) is 6.92 Å². The lowest BCUT2D eigenvalue weighted by molar-refractivity contribution is -0.134. The smallest absolute Gasteiger partial charge is 0.322 e. The Morgan fingerprint density at radius 1 is 1.33 bits per heavy atom. The number of aryl methyl sites for hydroxylation is 1. The Morgan fingerprint density at radius 2 is 2.11 bits per heavy atom. The number of hydrogen-bond acceptors (Lipinski definition) is 6. The van der Waals surface area contributed by atoms with Crippen molar-refractivity contribution in [2.75, 3.05) is 7.11 Å². The SMILES string of the molecule is CCC(=O)Oc1ccc2[nH]c([S+]([O-])Cc3ncc(C)c(OC)c3C)nc2c1. The molecule has 27 heavy (non-hydrogen) atoms. The van der Waals surface area contributed by atoms with Crippen molar-refractivity contribution in [1.82, 2.24) is 15.0 Å². The quantitative estimate of drug-likeness (QED) is 0.396. The molecule has 7 nitrogen and oxygen atoms in total. The van der Waals surface area contributed by atoms with Crippen LogP contribution in [0.25, 0.3) is 11.0 Å². The fraction of sp³-hybridized carbons (Fsp3) is 0.316. The van der Waals surface area contributed by atoms with E-state index in [4.69, 9.17) is 9.47 Å². The van der Waals surface area contributed by atoms with Crippen molar-refractivity contribution in [3.63, 3.8) is 0 Å². The summed E-state index contributed by atoms with van der Waals surface area (Å²) in [5.74, 6) is 1.08. The lowest BCUT2D eigenvalue weighted by Crippen LogP contribution is -2.10. The number of pyridine rings is 1. The molecule has 0 amide bonds. The first-order valence-electron chi connectivity index (χ1n) is 8.50. The number of imidazole rings is 1. The van der Waals surface area contributed by atoms with Crippen LogP contribution < -0.4 is 9.47 Å². The molecule has 1 atom stereocenters. The first-order chi connectivity index (χ1) is 12.9. The minimum absolute atomic E-state index is 0.222. The van der Waals surface area contributed by atoms with Crippen molar-refractivity contribution >= 4 is 28.2 Å². The highest BCUT2D eigenvalue weighted by molar-refractivity contribution is 7.90. The van der Waals surface area contributed by atoms with Crippen LogP contribution in [0.1, 0.15) is 30.2 Å². The summed E-state index contributed by atoms with van der Waals surface area (Å²) in [6, 6.07) is 5.08. The number of aromatic amines is 1. The summed E-state index contributed by atoms with van der Waals surface area (Å²) < 4.78 is 23.4. The number of methoxy groups -OCH3 is 1. The van der Waals surface area contributed by atoms with Crippen LogP contribution in [-0.4, -0.2) is 32.6 Å². The number of ether oxygens (including phenoxy) is 2. The maximum absolute atomic E-state index is 12.8. The molecule has 0 bridgehead atoms. The van der Waals surface area contributed by atoms with E-state index in [1.54, 1.807) is 38.4 Å². The lowest BCUT2D eigenvalue weighted by atomic mass is 10.1. The molecule has 0 spiro atoms. The molecule has 3 rings (SSSR count). The molecular weight excluding hydrogens is 366 g/mol. The zero-order chi connectivity index (χ0) is 19.6. The molecule has 0 saturated carbocycles. The number of H-pyrrole nitrogens is 1. The van der Waals surface area contributed by atoms with Gasteiger partial charge >= 0.3 is 11.1 Å². The number of esters is 1. The highest BCUT2D eigenvalue weighted by atomic mass is 32.2. The van der Waals surface area contributed by atoms with Crippen LogP contribution in [0.4, 0.5) is 0 Å². The monoisotopic (exact) mass is 387 g/mol. The topological polar surface area (TPSA) is 100 Å². The second-order valence-corrected chi connectivity index (χ2v) is 7.45. The van der Waals surface area contributed by atoms with Crippen LogP contribution >= 0.6 is 0 Å². The Labute approximate surface area is 160 Å². The third-order valence-electron chi connectivity index (χ3n) is 4.19. The van der Waals surface area contributed by atoms with Crippen molar-refractivity contribution in [3.05, 3.63) is 41.2 Å². The van der Waals surface area contributed by atoms with Gasteiger partial charge in [0.1, 0.15) is 11.5 Å². The third-order valence-corrected chi connectivity index (χ3v) is 5.35. The molecule has 0 radical (unpaired) electrons. The molecule has 2 heterocycles. The fourth-order valence-electron chi connectivity index (χ4n) is 2.75. The van der Waals surface area contributed by atoms with E-state index in [1.807, 2.05) is 13.8 Å². The van der Waals surface area contributed by atoms with Crippen LogP contribution in [0.5, 0.6) is 11.5 Å². The van der Waals surface area contributed by atoms with Crippen molar-refractivity contribution in [2.45, 2.75) is 38.1 Å². The van der Waals surface area contributed by atoms with Crippen LogP contribution in [0.2, 0.25) is 0 Å². The van der Waals surface area contributed by atoms with Gasteiger partial charge < -0.3 is 14.0 Å². The average molecular weight is 387 g/mol. The predicted octanol–water partition coefficient (Wildman–Crippen LogP) is 3.21. The molecule has 8 heteroatoms. The van der Waals surface area contributed by atoms with Gasteiger partial charge in [0.05, 0.1) is 23.8 Å². The summed E-state index contributed by atoms with van der Waals surface area (Å²) in [5, 5.41) is 0.352. The lowest BCUT2D eigenvalue weighted by Gasteiger charge is -2.13. The Hall–Kier alpha value is -2.58.